The van der Waals surface area contributed by atoms with Crippen LogP contribution in [0.15, 0.2) is 22.9 Å². The van der Waals surface area contributed by atoms with E-state index in [0.717, 1.165) is 23.5 Å². The minimum atomic E-state index is 0.945. The number of nitrogens with zero attached hydrogens (tertiary/aromatic N) is 2. The van der Waals surface area contributed by atoms with Gasteiger partial charge in [-0.1, -0.05) is 13.3 Å². The molecular weight excluding hydrogens is 264 g/mol. The second kappa shape index (κ2) is 5.78. The highest BCUT2D eigenvalue weighted by Crippen LogP contribution is 2.27. The SMILES string of the molecule is CCN(Cc1cncc(Br)c1)CC1CCC1. The second-order valence-electron chi connectivity index (χ2n) is 4.64. The van der Waals surface area contributed by atoms with Crippen molar-refractivity contribution in [3.05, 3.63) is 28.5 Å². The van der Waals surface area contributed by atoms with Crippen molar-refractivity contribution >= 4 is 15.9 Å². The maximum atomic E-state index is 4.21. The zero-order valence-electron chi connectivity index (χ0n) is 9.82. The molecule has 2 rings (SSSR count). The van der Waals surface area contributed by atoms with Gasteiger partial charge >= 0.3 is 0 Å². The fraction of sp³-hybridized carbons (Fsp3) is 0.615. The summed E-state index contributed by atoms with van der Waals surface area (Å²) in [4.78, 5) is 6.73. The highest BCUT2D eigenvalue weighted by molar-refractivity contribution is 9.10. The van der Waals surface area contributed by atoms with Gasteiger partial charge < -0.3 is 0 Å². The summed E-state index contributed by atoms with van der Waals surface area (Å²) in [6, 6.07) is 2.16. The predicted octanol–water partition coefficient (Wildman–Crippen LogP) is 3.47. The van der Waals surface area contributed by atoms with Crippen LogP contribution in [-0.4, -0.2) is 23.0 Å². The van der Waals surface area contributed by atoms with E-state index in [2.05, 4.69) is 38.8 Å². The summed E-state index contributed by atoms with van der Waals surface area (Å²) < 4.78 is 1.07. The molecule has 0 unspecified atom stereocenters. The first-order chi connectivity index (χ1) is 7.78. The molecule has 1 heterocycles. The van der Waals surface area contributed by atoms with Crippen LogP contribution in [0.3, 0.4) is 0 Å². The maximum absolute atomic E-state index is 4.21. The number of halogens is 1. The molecule has 1 aromatic heterocycles. The van der Waals surface area contributed by atoms with Gasteiger partial charge in [0.05, 0.1) is 0 Å². The molecule has 0 aromatic carbocycles. The summed E-state index contributed by atoms with van der Waals surface area (Å²) >= 11 is 3.47. The van der Waals surface area contributed by atoms with Crippen LogP contribution in [0.4, 0.5) is 0 Å². The average Bonchev–Trinajstić information content (AvgIpc) is 2.21. The van der Waals surface area contributed by atoms with Gasteiger partial charge in [0.25, 0.3) is 0 Å². The number of pyridine rings is 1. The Bertz CT molecular complexity index is 336. The van der Waals surface area contributed by atoms with E-state index < -0.39 is 0 Å². The number of rotatable bonds is 5. The van der Waals surface area contributed by atoms with E-state index in [-0.39, 0.29) is 0 Å². The van der Waals surface area contributed by atoms with Gasteiger partial charge in [-0.2, -0.15) is 0 Å². The Morgan fingerprint density at radius 3 is 2.81 bits per heavy atom. The lowest BCUT2D eigenvalue weighted by Gasteiger charge is -2.31. The lowest BCUT2D eigenvalue weighted by atomic mass is 9.85. The zero-order chi connectivity index (χ0) is 11.4. The summed E-state index contributed by atoms with van der Waals surface area (Å²) in [5.74, 6) is 0.945. The first-order valence-corrected chi connectivity index (χ1v) is 6.89. The molecule has 1 saturated carbocycles. The Morgan fingerprint density at radius 1 is 1.44 bits per heavy atom. The Hall–Kier alpha value is -0.410. The molecule has 3 heteroatoms. The number of hydrogen-bond donors (Lipinski definition) is 0. The zero-order valence-corrected chi connectivity index (χ0v) is 11.4. The largest absolute Gasteiger partial charge is 0.299 e. The lowest BCUT2D eigenvalue weighted by molar-refractivity contribution is 0.178. The summed E-state index contributed by atoms with van der Waals surface area (Å²) in [6.07, 6.45) is 8.08. The highest BCUT2D eigenvalue weighted by atomic mass is 79.9. The molecule has 0 aliphatic heterocycles. The van der Waals surface area contributed by atoms with Crippen molar-refractivity contribution in [1.29, 1.82) is 0 Å². The normalized spacial score (nSPS) is 16.4. The molecule has 16 heavy (non-hydrogen) atoms. The smallest absolute Gasteiger partial charge is 0.0410 e. The van der Waals surface area contributed by atoms with Crippen molar-refractivity contribution in [3.8, 4) is 0 Å². The standard InChI is InChI=1S/C13H19BrN2/c1-2-16(9-11-4-3-5-11)10-12-6-13(14)8-15-7-12/h6-8,11H,2-5,9-10H2,1H3. The lowest BCUT2D eigenvalue weighted by Crippen LogP contribution is -2.32. The second-order valence-corrected chi connectivity index (χ2v) is 5.55. The van der Waals surface area contributed by atoms with Crippen molar-refractivity contribution in [1.82, 2.24) is 9.88 Å². The molecule has 0 atom stereocenters. The average molecular weight is 283 g/mol. The molecule has 0 amide bonds. The Balaban J connectivity index is 1.89. The van der Waals surface area contributed by atoms with E-state index in [4.69, 9.17) is 0 Å². The molecule has 1 aromatic rings. The van der Waals surface area contributed by atoms with Crippen molar-refractivity contribution in [2.75, 3.05) is 13.1 Å². The van der Waals surface area contributed by atoms with Crippen LogP contribution in [0.2, 0.25) is 0 Å². The van der Waals surface area contributed by atoms with Crippen LogP contribution in [0.25, 0.3) is 0 Å². The molecule has 0 radical (unpaired) electrons. The number of hydrogen-bond acceptors (Lipinski definition) is 2. The van der Waals surface area contributed by atoms with Crippen LogP contribution in [0.5, 0.6) is 0 Å². The third kappa shape index (κ3) is 3.29. The van der Waals surface area contributed by atoms with Crippen molar-refractivity contribution in [3.63, 3.8) is 0 Å². The van der Waals surface area contributed by atoms with E-state index in [9.17, 15) is 0 Å². The van der Waals surface area contributed by atoms with Crippen LogP contribution >= 0.6 is 15.9 Å². The molecule has 1 aliphatic rings. The quantitative estimate of drug-likeness (QED) is 0.822. The molecule has 1 fully saturated rings. The van der Waals surface area contributed by atoms with E-state index in [1.54, 1.807) is 0 Å². The molecular formula is C13H19BrN2. The van der Waals surface area contributed by atoms with Gasteiger partial charge in [0.1, 0.15) is 0 Å². The fourth-order valence-electron chi connectivity index (χ4n) is 2.15. The van der Waals surface area contributed by atoms with Gasteiger partial charge in [-0.05, 0) is 52.9 Å². The fourth-order valence-corrected chi connectivity index (χ4v) is 2.56. The summed E-state index contributed by atoms with van der Waals surface area (Å²) in [6.45, 7) is 5.65. The molecule has 0 N–H and O–H groups in total. The Morgan fingerprint density at radius 2 is 2.25 bits per heavy atom. The Kier molecular flexibility index (Phi) is 4.36. The van der Waals surface area contributed by atoms with Gasteiger partial charge in [-0.25, -0.2) is 0 Å². The number of aromatic nitrogens is 1. The van der Waals surface area contributed by atoms with Crippen molar-refractivity contribution in [2.24, 2.45) is 5.92 Å². The topological polar surface area (TPSA) is 16.1 Å². The van der Waals surface area contributed by atoms with E-state index >= 15 is 0 Å². The van der Waals surface area contributed by atoms with Crippen LogP contribution in [-0.2, 0) is 6.54 Å². The van der Waals surface area contributed by atoms with Gasteiger partial charge in [0, 0.05) is 30.0 Å². The molecule has 2 nitrogen and oxygen atoms in total. The molecule has 0 saturated heterocycles. The monoisotopic (exact) mass is 282 g/mol. The van der Waals surface area contributed by atoms with Crippen molar-refractivity contribution < 1.29 is 0 Å². The van der Waals surface area contributed by atoms with Gasteiger partial charge in [-0.15, -0.1) is 0 Å². The van der Waals surface area contributed by atoms with Crippen LogP contribution in [0.1, 0.15) is 31.7 Å². The van der Waals surface area contributed by atoms with Crippen LogP contribution in [0, 0.1) is 5.92 Å². The first kappa shape index (κ1) is 12.1. The van der Waals surface area contributed by atoms with Gasteiger partial charge in [0.15, 0.2) is 0 Å². The molecule has 0 spiro atoms. The molecule has 0 bridgehead atoms. The van der Waals surface area contributed by atoms with Gasteiger partial charge in [-0.3, -0.25) is 9.88 Å². The third-order valence-electron chi connectivity index (χ3n) is 3.36. The molecule has 1 aliphatic carbocycles. The minimum absolute atomic E-state index is 0.945. The summed E-state index contributed by atoms with van der Waals surface area (Å²) in [7, 11) is 0. The first-order valence-electron chi connectivity index (χ1n) is 6.09. The predicted molar refractivity (Wildman–Crippen MR) is 70.2 cm³/mol. The maximum Gasteiger partial charge on any atom is 0.0410 e. The van der Waals surface area contributed by atoms with E-state index in [1.165, 1.54) is 31.4 Å². The molecule has 88 valence electrons. The van der Waals surface area contributed by atoms with Crippen molar-refractivity contribution in [2.45, 2.75) is 32.7 Å². The summed E-state index contributed by atoms with van der Waals surface area (Å²) in [5, 5.41) is 0. The highest BCUT2D eigenvalue weighted by Gasteiger charge is 2.19. The Labute approximate surface area is 106 Å². The van der Waals surface area contributed by atoms with E-state index in [0.29, 0.717) is 0 Å². The third-order valence-corrected chi connectivity index (χ3v) is 3.79. The van der Waals surface area contributed by atoms with Gasteiger partial charge in [0.2, 0.25) is 0 Å². The summed E-state index contributed by atoms with van der Waals surface area (Å²) in [5.41, 5.74) is 1.30. The minimum Gasteiger partial charge on any atom is -0.299 e. The van der Waals surface area contributed by atoms with E-state index in [1.807, 2.05) is 12.4 Å². The van der Waals surface area contributed by atoms with Crippen LogP contribution < -0.4 is 0 Å².